The minimum Gasteiger partial charge on any atom is -0.330 e. The van der Waals surface area contributed by atoms with Gasteiger partial charge in [-0.25, -0.2) is 17.7 Å². The third kappa shape index (κ3) is 4.17. The Morgan fingerprint density at radius 2 is 2.04 bits per heavy atom. The van der Waals surface area contributed by atoms with Gasteiger partial charge in [-0.15, -0.1) is 11.3 Å². The van der Waals surface area contributed by atoms with Gasteiger partial charge in [0.25, 0.3) is 0 Å². The summed E-state index contributed by atoms with van der Waals surface area (Å²) in [5.74, 6) is 0. The Balaban J connectivity index is 2.33. The van der Waals surface area contributed by atoms with Gasteiger partial charge in [0.1, 0.15) is 5.01 Å². The Kier molecular flexibility index (Phi) is 5.25. The Labute approximate surface area is 142 Å². The van der Waals surface area contributed by atoms with Crippen molar-refractivity contribution in [2.24, 2.45) is 11.1 Å². The van der Waals surface area contributed by atoms with E-state index in [0.717, 1.165) is 16.3 Å². The fourth-order valence-electron chi connectivity index (χ4n) is 2.21. The van der Waals surface area contributed by atoms with Crippen LogP contribution < -0.4 is 5.73 Å². The molecule has 0 spiro atoms. The van der Waals surface area contributed by atoms with E-state index in [1.54, 1.807) is 25.2 Å². The van der Waals surface area contributed by atoms with Gasteiger partial charge in [0.15, 0.2) is 0 Å². The van der Waals surface area contributed by atoms with Crippen LogP contribution in [0.25, 0.3) is 10.6 Å². The molecule has 126 valence electrons. The molecule has 1 aromatic heterocycles. The summed E-state index contributed by atoms with van der Waals surface area (Å²) in [7, 11) is -1.96. The molecule has 1 aromatic carbocycles. The van der Waals surface area contributed by atoms with Gasteiger partial charge in [0, 0.05) is 30.2 Å². The van der Waals surface area contributed by atoms with Gasteiger partial charge in [-0.2, -0.15) is 0 Å². The van der Waals surface area contributed by atoms with Crippen LogP contribution >= 0.6 is 11.3 Å². The van der Waals surface area contributed by atoms with Crippen molar-refractivity contribution in [1.29, 1.82) is 0 Å². The molecule has 0 aliphatic heterocycles. The lowest BCUT2D eigenvalue weighted by molar-refractivity contribution is 0.292. The van der Waals surface area contributed by atoms with Crippen LogP contribution in [0.3, 0.4) is 0 Å². The molecule has 0 atom stereocenters. The van der Waals surface area contributed by atoms with E-state index in [-0.39, 0.29) is 10.3 Å². The number of nitrogens with zero attached hydrogens (tertiary/aromatic N) is 2. The Bertz CT molecular complexity index is 782. The molecule has 0 radical (unpaired) electrons. The molecule has 1 heterocycles. The number of aryl methyl sites for hydroxylation is 1. The van der Waals surface area contributed by atoms with Gasteiger partial charge in [-0.3, -0.25) is 0 Å². The van der Waals surface area contributed by atoms with Crippen molar-refractivity contribution in [1.82, 2.24) is 9.29 Å². The van der Waals surface area contributed by atoms with Crippen molar-refractivity contribution in [3.05, 3.63) is 35.3 Å². The summed E-state index contributed by atoms with van der Waals surface area (Å²) in [4.78, 5) is 4.69. The van der Waals surface area contributed by atoms with Gasteiger partial charge in [0.05, 0.1) is 4.90 Å². The van der Waals surface area contributed by atoms with Crippen molar-refractivity contribution in [3.63, 3.8) is 0 Å². The fourth-order valence-corrected chi connectivity index (χ4v) is 4.41. The predicted octanol–water partition coefficient (Wildman–Crippen LogP) is 2.72. The average Bonchev–Trinajstić information content (AvgIpc) is 2.93. The molecular formula is C16H23N3O2S2. The molecule has 0 aliphatic rings. The summed E-state index contributed by atoms with van der Waals surface area (Å²) in [6.07, 6.45) is 0. The molecule has 23 heavy (non-hydrogen) atoms. The third-order valence-corrected chi connectivity index (χ3v) is 6.42. The fraction of sp³-hybridized carbons (Fsp3) is 0.438. The largest absolute Gasteiger partial charge is 0.330 e. The van der Waals surface area contributed by atoms with E-state index >= 15 is 0 Å². The van der Waals surface area contributed by atoms with E-state index in [1.165, 1.54) is 15.6 Å². The number of benzene rings is 1. The number of thiazole rings is 1. The maximum absolute atomic E-state index is 12.8. The second-order valence-electron chi connectivity index (χ2n) is 6.45. The normalized spacial score (nSPS) is 12.8. The minimum atomic E-state index is -3.55. The number of hydrogen-bond donors (Lipinski definition) is 1. The van der Waals surface area contributed by atoms with Crippen LogP contribution in [-0.4, -0.2) is 37.8 Å². The van der Waals surface area contributed by atoms with Crippen molar-refractivity contribution >= 4 is 21.4 Å². The second-order valence-corrected chi connectivity index (χ2v) is 9.35. The van der Waals surface area contributed by atoms with Gasteiger partial charge < -0.3 is 5.73 Å². The van der Waals surface area contributed by atoms with E-state index in [1.807, 2.05) is 32.2 Å². The Morgan fingerprint density at radius 1 is 1.35 bits per heavy atom. The molecule has 0 saturated heterocycles. The molecule has 0 saturated carbocycles. The van der Waals surface area contributed by atoms with Crippen LogP contribution in [0.2, 0.25) is 0 Å². The minimum absolute atomic E-state index is 0.272. The Hall–Kier alpha value is -1.28. The number of aromatic nitrogens is 1. The molecule has 0 unspecified atom stereocenters. The highest BCUT2D eigenvalue weighted by Crippen LogP contribution is 2.27. The maximum atomic E-state index is 12.8. The summed E-state index contributed by atoms with van der Waals surface area (Å²) >= 11 is 1.51. The molecule has 0 fully saturated rings. The van der Waals surface area contributed by atoms with E-state index in [2.05, 4.69) is 4.98 Å². The number of nitrogens with two attached hydrogens (primary N) is 1. The zero-order valence-corrected chi connectivity index (χ0v) is 15.5. The lowest BCUT2D eigenvalue weighted by Crippen LogP contribution is -2.39. The highest BCUT2D eigenvalue weighted by Gasteiger charge is 2.27. The summed E-state index contributed by atoms with van der Waals surface area (Å²) in [6.45, 7) is 6.61. The molecule has 5 nitrogen and oxygen atoms in total. The van der Waals surface area contributed by atoms with Gasteiger partial charge in [0.2, 0.25) is 10.0 Å². The van der Waals surface area contributed by atoms with Crippen LogP contribution in [0, 0.1) is 12.3 Å². The standard InChI is InChI=1S/C16H23N3O2S2/c1-12-9-22-15(18-12)13-6-5-7-14(8-13)23(20,21)19(4)11-16(2,3)10-17/h5-9H,10-11,17H2,1-4H3. The number of hydrogen-bond acceptors (Lipinski definition) is 5. The van der Waals surface area contributed by atoms with Crippen LogP contribution in [0.1, 0.15) is 19.5 Å². The summed E-state index contributed by atoms with van der Waals surface area (Å²) in [5.41, 5.74) is 7.18. The van der Waals surface area contributed by atoms with Crippen LogP contribution in [0.15, 0.2) is 34.5 Å². The van der Waals surface area contributed by atoms with E-state index < -0.39 is 10.0 Å². The smallest absolute Gasteiger partial charge is 0.242 e. The molecule has 0 amide bonds. The van der Waals surface area contributed by atoms with Crippen molar-refractivity contribution in [2.75, 3.05) is 20.1 Å². The lowest BCUT2D eigenvalue weighted by atomic mass is 9.94. The Morgan fingerprint density at radius 3 is 2.61 bits per heavy atom. The topological polar surface area (TPSA) is 76.3 Å². The van der Waals surface area contributed by atoms with Gasteiger partial charge in [-0.05, 0) is 31.0 Å². The predicted molar refractivity (Wildman–Crippen MR) is 94.9 cm³/mol. The van der Waals surface area contributed by atoms with E-state index in [4.69, 9.17) is 5.73 Å². The monoisotopic (exact) mass is 353 g/mol. The first kappa shape index (κ1) is 18.1. The molecule has 2 rings (SSSR count). The van der Waals surface area contributed by atoms with Crippen LogP contribution in [-0.2, 0) is 10.0 Å². The van der Waals surface area contributed by atoms with Crippen molar-refractivity contribution < 1.29 is 8.42 Å². The number of sulfonamides is 1. The lowest BCUT2D eigenvalue weighted by Gasteiger charge is -2.28. The first-order chi connectivity index (χ1) is 10.7. The summed E-state index contributed by atoms with van der Waals surface area (Å²) < 4.78 is 26.9. The van der Waals surface area contributed by atoms with E-state index in [9.17, 15) is 8.42 Å². The third-order valence-electron chi connectivity index (χ3n) is 3.61. The first-order valence-corrected chi connectivity index (χ1v) is 9.67. The zero-order chi connectivity index (χ0) is 17.3. The van der Waals surface area contributed by atoms with Crippen molar-refractivity contribution in [3.8, 4) is 10.6 Å². The average molecular weight is 354 g/mol. The molecule has 2 N–H and O–H groups in total. The second kappa shape index (κ2) is 6.68. The molecule has 2 aromatic rings. The molecule has 0 bridgehead atoms. The molecule has 7 heteroatoms. The van der Waals surface area contributed by atoms with Gasteiger partial charge >= 0.3 is 0 Å². The molecule has 0 aliphatic carbocycles. The van der Waals surface area contributed by atoms with Crippen molar-refractivity contribution in [2.45, 2.75) is 25.7 Å². The summed E-state index contributed by atoms with van der Waals surface area (Å²) in [6, 6.07) is 6.92. The van der Waals surface area contributed by atoms with Crippen LogP contribution in [0.4, 0.5) is 0 Å². The summed E-state index contributed by atoms with van der Waals surface area (Å²) in [5, 5.41) is 2.77. The highest BCUT2D eigenvalue weighted by molar-refractivity contribution is 7.89. The van der Waals surface area contributed by atoms with Crippen LogP contribution in [0.5, 0.6) is 0 Å². The highest BCUT2D eigenvalue weighted by atomic mass is 32.2. The maximum Gasteiger partial charge on any atom is 0.242 e. The van der Waals surface area contributed by atoms with E-state index in [0.29, 0.717) is 13.1 Å². The van der Waals surface area contributed by atoms with Gasteiger partial charge in [-0.1, -0.05) is 26.0 Å². The first-order valence-electron chi connectivity index (χ1n) is 7.35. The zero-order valence-electron chi connectivity index (χ0n) is 13.9. The number of rotatable bonds is 6. The molecular weight excluding hydrogens is 330 g/mol. The SMILES string of the molecule is Cc1csc(-c2cccc(S(=O)(=O)N(C)CC(C)(C)CN)c2)n1. The quantitative estimate of drug-likeness (QED) is 0.866.